The van der Waals surface area contributed by atoms with Gasteiger partial charge in [0.15, 0.2) is 0 Å². The Kier molecular flexibility index (Phi) is 4.29. The lowest BCUT2D eigenvalue weighted by Gasteiger charge is -2.14. The van der Waals surface area contributed by atoms with E-state index in [-0.39, 0.29) is 0 Å². The summed E-state index contributed by atoms with van der Waals surface area (Å²) in [5.74, 6) is 0. The van der Waals surface area contributed by atoms with E-state index in [0.717, 1.165) is 25.2 Å². The number of thiophene rings is 1. The van der Waals surface area contributed by atoms with Gasteiger partial charge in [-0.1, -0.05) is 22.2 Å². The fraction of sp³-hybridized carbons (Fsp3) is 0.400. The quantitative estimate of drug-likeness (QED) is 0.839. The van der Waals surface area contributed by atoms with E-state index in [1.807, 2.05) is 0 Å². The van der Waals surface area contributed by atoms with E-state index < -0.39 is 0 Å². The van der Waals surface area contributed by atoms with Gasteiger partial charge in [-0.15, -0.1) is 16.4 Å². The zero-order valence-electron chi connectivity index (χ0n) is 8.89. The molecule has 0 atom stereocenters. The lowest BCUT2D eigenvalue weighted by atomic mass is 10.3. The maximum atomic E-state index is 5.95. The van der Waals surface area contributed by atoms with Gasteiger partial charge in [0.1, 0.15) is 10.0 Å². The number of likely N-dealkylation sites (N-methyl/N-ethyl adjacent to an activating group) is 1. The molecular weight excluding hydrogens is 262 g/mol. The van der Waals surface area contributed by atoms with Gasteiger partial charge in [0.25, 0.3) is 0 Å². The number of halogens is 1. The van der Waals surface area contributed by atoms with Crippen LogP contribution in [0.4, 0.5) is 0 Å². The minimum absolute atomic E-state index is 0.697. The first-order valence-electron chi connectivity index (χ1n) is 4.93. The average Bonchev–Trinajstić information content (AvgIpc) is 2.88. The van der Waals surface area contributed by atoms with Gasteiger partial charge >= 0.3 is 0 Å². The monoisotopic (exact) mass is 273 g/mol. The maximum absolute atomic E-state index is 5.95. The highest BCUT2D eigenvalue weighted by Gasteiger charge is 2.08. The Morgan fingerprint density at radius 2 is 2.38 bits per heavy atom. The van der Waals surface area contributed by atoms with E-state index in [9.17, 15) is 0 Å². The van der Waals surface area contributed by atoms with Crippen LogP contribution in [0.2, 0.25) is 4.34 Å². The largest absolute Gasteiger partial charge is 0.300 e. The van der Waals surface area contributed by atoms with Crippen molar-refractivity contribution in [2.24, 2.45) is 0 Å². The van der Waals surface area contributed by atoms with Crippen LogP contribution in [0.5, 0.6) is 0 Å². The van der Waals surface area contributed by atoms with E-state index in [1.54, 1.807) is 11.3 Å². The molecule has 3 nitrogen and oxygen atoms in total. The Bertz CT molecular complexity index is 427. The van der Waals surface area contributed by atoms with E-state index in [1.165, 1.54) is 16.4 Å². The Hall–Kier alpha value is -0.490. The van der Waals surface area contributed by atoms with Gasteiger partial charge in [-0.25, -0.2) is 0 Å². The molecule has 0 fully saturated rings. The summed E-state index contributed by atoms with van der Waals surface area (Å²) in [6.45, 7) is 1.77. The van der Waals surface area contributed by atoms with Gasteiger partial charge in [-0.3, -0.25) is 0 Å². The molecule has 2 aromatic rings. The Morgan fingerprint density at radius 3 is 3.00 bits per heavy atom. The van der Waals surface area contributed by atoms with Crippen LogP contribution < -0.4 is 0 Å². The molecule has 0 bridgehead atoms. The van der Waals surface area contributed by atoms with Crippen LogP contribution in [0.3, 0.4) is 0 Å². The number of rotatable bonds is 5. The number of hydrogen-bond donors (Lipinski definition) is 0. The maximum Gasteiger partial charge on any atom is 0.138 e. The zero-order valence-corrected chi connectivity index (χ0v) is 11.3. The molecular formula is C10H12ClN3S2. The standard InChI is InChI=1S/C10H12ClN3S2/c1-14(5-4-8-3-2-6-15-8)7-9-10(11)16-13-12-9/h2-3,6H,4-5,7H2,1H3. The number of aromatic nitrogens is 2. The number of nitrogens with zero attached hydrogens (tertiary/aromatic N) is 3. The summed E-state index contributed by atoms with van der Waals surface area (Å²) < 4.78 is 4.52. The van der Waals surface area contributed by atoms with Crippen molar-refractivity contribution in [2.45, 2.75) is 13.0 Å². The van der Waals surface area contributed by atoms with E-state index in [4.69, 9.17) is 11.6 Å². The zero-order chi connectivity index (χ0) is 11.4. The molecule has 2 heterocycles. The van der Waals surface area contributed by atoms with Gasteiger partial charge < -0.3 is 4.90 Å². The molecule has 0 aliphatic rings. The van der Waals surface area contributed by atoms with E-state index >= 15 is 0 Å². The topological polar surface area (TPSA) is 29.0 Å². The second-order valence-electron chi connectivity index (χ2n) is 3.56. The van der Waals surface area contributed by atoms with Crippen molar-refractivity contribution >= 4 is 34.5 Å². The van der Waals surface area contributed by atoms with Crippen molar-refractivity contribution in [1.82, 2.24) is 14.5 Å². The normalized spacial score (nSPS) is 11.2. The summed E-state index contributed by atoms with van der Waals surface area (Å²) in [6, 6.07) is 4.25. The first kappa shape index (κ1) is 12.0. The van der Waals surface area contributed by atoms with Crippen LogP contribution in [0.25, 0.3) is 0 Å². The second kappa shape index (κ2) is 5.72. The van der Waals surface area contributed by atoms with Crippen molar-refractivity contribution in [3.05, 3.63) is 32.4 Å². The molecule has 2 aromatic heterocycles. The van der Waals surface area contributed by atoms with Crippen molar-refractivity contribution in [3.8, 4) is 0 Å². The summed E-state index contributed by atoms with van der Waals surface area (Å²) in [6.07, 6.45) is 1.07. The molecule has 2 rings (SSSR count). The van der Waals surface area contributed by atoms with E-state index in [2.05, 4.69) is 39.0 Å². The summed E-state index contributed by atoms with van der Waals surface area (Å²) >= 11 is 8.99. The summed E-state index contributed by atoms with van der Waals surface area (Å²) in [5, 5.41) is 6.11. The van der Waals surface area contributed by atoms with Crippen molar-refractivity contribution in [2.75, 3.05) is 13.6 Å². The van der Waals surface area contributed by atoms with Crippen molar-refractivity contribution in [3.63, 3.8) is 0 Å². The summed E-state index contributed by atoms with van der Waals surface area (Å²) in [4.78, 5) is 3.62. The molecule has 16 heavy (non-hydrogen) atoms. The Morgan fingerprint density at radius 1 is 1.50 bits per heavy atom. The summed E-state index contributed by atoms with van der Waals surface area (Å²) in [5.41, 5.74) is 0.875. The molecule has 0 aromatic carbocycles. The van der Waals surface area contributed by atoms with Gasteiger partial charge in [-0.05, 0) is 24.9 Å². The first-order chi connectivity index (χ1) is 7.75. The highest BCUT2D eigenvalue weighted by atomic mass is 35.5. The van der Waals surface area contributed by atoms with Crippen LogP contribution in [0, 0.1) is 0 Å². The minimum Gasteiger partial charge on any atom is -0.300 e. The summed E-state index contributed by atoms with van der Waals surface area (Å²) in [7, 11) is 2.07. The molecule has 0 aliphatic heterocycles. The highest BCUT2D eigenvalue weighted by molar-refractivity contribution is 7.10. The first-order valence-corrected chi connectivity index (χ1v) is 6.96. The number of hydrogen-bond acceptors (Lipinski definition) is 5. The van der Waals surface area contributed by atoms with Crippen LogP contribution in [0.15, 0.2) is 17.5 Å². The SMILES string of the molecule is CN(CCc1cccs1)Cc1nnsc1Cl. The predicted molar refractivity (Wildman–Crippen MR) is 69.3 cm³/mol. The Labute approximate surface area is 108 Å². The molecule has 0 amide bonds. The fourth-order valence-electron chi connectivity index (χ4n) is 1.38. The molecule has 0 saturated heterocycles. The van der Waals surface area contributed by atoms with Crippen LogP contribution >= 0.6 is 34.5 Å². The average molecular weight is 274 g/mol. The molecule has 0 radical (unpaired) electrons. The van der Waals surface area contributed by atoms with E-state index in [0.29, 0.717) is 4.34 Å². The van der Waals surface area contributed by atoms with Gasteiger partial charge in [0, 0.05) is 29.5 Å². The lowest BCUT2D eigenvalue weighted by Crippen LogP contribution is -2.20. The second-order valence-corrected chi connectivity index (χ2v) is 5.95. The Balaban J connectivity index is 1.81. The molecule has 0 unspecified atom stereocenters. The van der Waals surface area contributed by atoms with Crippen LogP contribution in [0.1, 0.15) is 10.6 Å². The van der Waals surface area contributed by atoms with Crippen molar-refractivity contribution < 1.29 is 0 Å². The molecule has 0 aliphatic carbocycles. The van der Waals surface area contributed by atoms with Gasteiger partial charge in [-0.2, -0.15) is 0 Å². The predicted octanol–water partition coefficient (Wildman–Crippen LogP) is 2.93. The van der Waals surface area contributed by atoms with Gasteiger partial charge in [0.05, 0.1) is 0 Å². The molecule has 6 heteroatoms. The fourth-order valence-corrected chi connectivity index (χ4v) is 2.69. The molecule has 0 saturated carbocycles. The van der Waals surface area contributed by atoms with Crippen LogP contribution in [-0.4, -0.2) is 28.1 Å². The lowest BCUT2D eigenvalue weighted by molar-refractivity contribution is 0.328. The van der Waals surface area contributed by atoms with Crippen molar-refractivity contribution in [1.29, 1.82) is 0 Å². The highest BCUT2D eigenvalue weighted by Crippen LogP contribution is 2.18. The molecule has 0 N–H and O–H groups in total. The molecule has 86 valence electrons. The third kappa shape index (κ3) is 3.25. The minimum atomic E-state index is 0.697. The smallest absolute Gasteiger partial charge is 0.138 e. The van der Waals surface area contributed by atoms with Gasteiger partial charge in [0.2, 0.25) is 0 Å². The third-order valence-electron chi connectivity index (χ3n) is 2.25. The molecule has 0 spiro atoms. The third-order valence-corrected chi connectivity index (χ3v) is 4.17. The van der Waals surface area contributed by atoms with Crippen LogP contribution in [-0.2, 0) is 13.0 Å².